The average Bonchev–Trinajstić information content (AvgIpc) is 3.12. The van der Waals surface area contributed by atoms with Gasteiger partial charge in [-0.15, -0.1) is 0 Å². The number of benzene rings is 2. The number of amides is 1. The van der Waals surface area contributed by atoms with Crippen LogP contribution in [0.25, 0.3) is 5.69 Å². The van der Waals surface area contributed by atoms with E-state index < -0.39 is 26.6 Å². The molecule has 180 valence electrons. The summed E-state index contributed by atoms with van der Waals surface area (Å²) in [5.41, 5.74) is 3.09. The van der Waals surface area contributed by atoms with E-state index in [1.165, 1.54) is 0 Å². The second kappa shape index (κ2) is 9.19. The average molecular weight is 490 g/mol. The summed E-state index contributed by atoms with van der Waals surface area (Å²) in [5.74, 6) is -1.45. The van der Waals surface area contributed by atoms with Gasteiger partial charge in [-0.25, -0.2) is 17.2 Å². The lowest BCUT2D eigenvalue weighted by molar-refractivity contribution is 0.0697. The van der Waals surface area contributed by atoms with Crippen LogP contribution in [0.2, 0.25) is 0 Å². The third-order valence-electron chi connectivity index (χ3n) is 6.03. The van der Waals surface area contributed by atoms with E-state index >= 15 is 0 Å². The number of aryl methyl sites for hydroxylation is 1. The van der Waals surface area contributed by atoms with Crippen LogP contribution in [-0.2, 0) is 10.0 Å². The highest BCUT2D eigenvalue weighted by atomic mass is 32.2. The van der Waals surface area contributed by atoms with E-state index in [0.29, 0.717) is 11.6 Å². The lowest BCUT2D eigenvalue weighted by Gasteiger charge is -2.34. The molecule has 1 aliphatic heterocycles. The first-order valence-corrected chi connectivity index (χ1v) is 12.2. The second-order valence-corrected chi connectivity index (χ2v) is 10.00. The topological polar surface area (TPSA) is 71.8 Å². The summed E-state index contributed by atoms with van der Waals surface area (Å²) in [4.78, 5) is 14.3. The van der Waals surface area contributed by atoms with Crippen molar-refractivity contribution in [1.29, 1.82) is 0 Å². The molecule has 1 fully saturated rings. The first kappa shape index (κ1) is 23.9. The summed E-state index contributed by atoms with van der Waals surface area (Å²) in [5, 5.41) is 0. The number of hydrogen-bond acceptors (Lipinski definition) is 4. The molecule has 3 aromatic rings. The first-order chi connectivity index (χ1) is 16.1. The molecule has 0 saturated carbocycles. The van der Waals surface area contributed by atoms with Crippen LogP contribution in [-0.4, -0.2) is 61.4 Å². The third-order valence-corrected chi connectivity index (χ3v) is 7.96. The van der Waals surface area contributed by atoms with Gasteiger partial charge >= 0.3 is 0 Å². The van der Waals surface area contributed by atoms with Crippen molar-refractivity contribution in [3.63, 3.8) is 0 Å². The Morgan fingerprint density at radius 1 is 0.941 bits per heavy atom. The summed E-state index contributed by atoms with van der Waals surface area (Å²) >= 11 is 0. The van der Waals surface area contributed by atoms with E-state index in [0.717, 1.165) is 39.3 Å². The van der Waals surface area contributed by atoms with E-state index in [2.05, 4.69) is 0 Å². The summed E-state index contributed by atoms with van der Waals surface area (Å²) in [7, 11) is -2.54. The Bertz CT molecular complexity index is 1330. The van der Waals surface area contributed by atoms with Crippen LogP contribution in [0.5, 0.6) is 5.75 Å². The largest absolute Gasteiger partial charge is 0.497 e. The Morgan fingerprint density at radius 2 is 1.59 bits per heavy atom. The van der Waals surface area contributed by atoms with Gasteiger partial charge in [-0.1, -0.05) is 0 Å². The molecular weight excluding hydrogens is 464 g/mol. The van der Waals surface area contributed by atoms with Crippen LogP contribution in [0, 0.1) is 25.5 Å². The van der Waals surface area contributed by atoms with E-state index in [1.54, 1.807) is 12.0 Å². The Morgan fingerprint density at radius 3 is 2.18 bits per heavy atom. The van der Waals surface area contributed by atoms with Gasteiger partial charge in [0.2, 0.25) is 10.0 Å². The molecule has 2 aromatic carbocycles. The Balaban J connectivity index is 1.50. The summed E-state index contributed by atoms with van der Waals surface area (Å²) in [6.07, 6.45) is 0. The quantitative estimate of drug-likeness (QED) is 0.550. The van der Waals surface area contributed by atoms with Gasteiger partial charge in [0.15, 0.2) is 0 Å². The number of carbonyl (C=O) groups excluding carboxylic acids is 1. The van der Waals surface area contributed by atoms with Gasteiger partial charge in [-0.3, -0.25) is 4.79 Å². The van der Waals surface area contributed by atoms with Gasteiger partial charge in [0.25, 0.3) is 5.91 Å². The van der Waals surface area contributed by atoms with Gasteiger partial charge in [0.05, 0.1) is 12.7 Å². The summed E-state index contributed by atoms with van der Waals surface area (Å²) in [6, 6.07) is 11.7. The van der Waals surface area contributed by atoms with E-state index in [4.69, 9.17) is 4.74 Å². The molecule has 0 atom stereocenters. The smallest absolute Gasteiger partial charge is 0.255 e. The number of aromatic nitrogens is 1. The highest BCUT2D eigenvalue weighted by molar-refractivity contribution is 7.89. The lowest BCUT2D eigenvalue weighted by atomic mass is 10.2. The molecule has 0 spiro atoms. The van der Waals surface area contributed by atoms with Crippen molar-refractivity contribution in [2.75, 3.05) is 33.3 Å². The molecule has 4 rings (SSSR count). The molecule has 0 N–H and O–H groups in total. The predicted molar refractivity (Wildman–Crippen MR) is 123 cm³/mol. The van der Waals surface area contributed by atoms with Crippen LogP contribution in [0.15, 0.2) is 53.4 Å². The maximum Gasteiger partial charge on any atom is 0.255 e. The van der Waals surface area contributed by atoms with Crippen molar-refractivity contribution in [2.45, 2.75) is 18.7 Å². The SMILES string of the molecule is COc1ccc(-n2c(C)cc(C(=O)N3CCN(S(=O)(=O)c4ccc(F)cc4F)CC3)c2C)cc1. The number of hydrogen-bond donors (Lipinski definition) is 0. The fraction of sp³-hybridized carbons (Fsp3) is 0.292. The number of piperazine rings is 1. The maximum atomic E-state index is 14.1. The molecule has 0 bridgehead atoms. The zero-order valence-corrected chi connectivity index (χ0v) is 19.9. The molecule has 7 nitrogen and oxygen atoms in total. The fourth-order valence-electron chi connectivity index (χ4n) is 4.23. The minimum Gasteiger partial charge on any atom is -0.497 e. The highest BCUT2D eigenvalue weighted by Gasteiger charge is 2.33. The number of rotatable bonds is 5. The number of ether oxygens (including phenoxy) is 1. The van der Waals surface area contributed by atoms with Gasteiger partial charge in [-0.2, -0.15) is 4.31 Å². The van der Waals surface area contributed by atoms with Gasteiger partial charge in [0.1, 0.15) is 22.3 Å². The van der Waals surface area contributed by atoms with E-state index in [-0.39, 0.29) is 32.1 Å². The first-order valence-electron chi connectivity index (χ1n) is 10.7. The van der Waals surface area contributed by atoms with Crippen molar-refractivity contribution in [1.82, 2.24) is 13.8 Å². The molecule has 1 aliphatic rings. The second-order valence-electron chi connectivity index (χ2n) is 8.09. The minimum absolute atomic E-state index is 0.0160. The monoisotopic (exact) mass is 489 g/mol. The molecule has 1 aromatic heterocycles. The van der Waals surface area contributed by atoms with Crippen molar-refractivity contribution in [3.8, 4) is 11.4 Å². The predicted octanol–water partition coefficient (Wildman–Crippen LogP) is 3.53. The van der Waals surface area contributed by atoms with Gasteiger partial charge in [-0.05, 0) is 56.3 Å². The minimum atomic E-state index is -4.14. The molecule has 0 aliphatic carbocycles. The number of nitrogens with zero attached hydrogens (tertiary/aromatic N) is 3. The molecule has 10 heteroatoms. The van der Waals surface area contributed by atoms with Crippen molar-refractivity contribution in [2.24, 2.45) is 0 Å². The van der Waals surface area contributed by atoms with Gasteiger partial charge in [0, 0.05) is 49.3 Å². The number of halogens is 2. The summed E-state index contributed by atoms with van der Waals surface area (Å²) < 4.78 is 61.2. The normalized spacial score (nSPS) is 14.9. The van der Waals surface area contributed by atoms with Crippen molar-refractivity contribution in [3.05, 3.63) is 77.1 Å². The zero-order valence-electron chi connectivity index (χ0n) is 19.1. The number of methoxy groups -OCH3 is 1. The Hall–Kier alpha value is -3.24. The number of sulfonamides is 1. The highest BCUT2D eigenvalue weighted by Crippen LogP contribution is 2.25. The maximum absolute atomic E-state index is 14.1. The van der Waals surface area contributed by atoms with Crippen LogP contribution >= 0.6 is 0 Å². The fourth-order valence-corrected chi connectivity index (χ4v) is 5.70. The number of carbonyl (C=O) groups is 1. The molecule has 0 radical (unpaired) electrons. The Labute approximate surface area is 197 Å². The molecule has 34 heavy (non-hydrogen) atoms. The molecule has 0 unspecified atom stereocenters. The van der Waals surface area contributed by atoms with Crippen LogP contribution < -0.4 is 4.74 Å². The summed E-state index contributed by atoms with van der Waals surface area (Å²) in [6.45, 7) is 4.13. The van der Waals surface area contributed by atoms with Gasteiger partial charge < -0.3 is 14.2 Å². The molecule has 2 heterocycles. The van der Waals surface area contributed by atoms with E-state index in [1.807, 2.05) is 48.7 Å². The van der Waals surface area contributed by atoms with Crippen molar-refractivity contribution < 1.29 is 26.7 Å². The van der Waals surface area contributed by atoms with Crippen molar-refractivity contribution >= 4 is 15.9 Å². The lowest BCUT2D eigenvalue weighted by Crippen LogP contribution is -2.50. The third kappa shape index (κ3) is 4.30. The van der Waals surface area contributed by atoms with Crippen LogP contribution in [0.3, 0.4) is 0 Å². The standard InChI is InChI=1S/C24H25F2N3O4S/c1-16-14-21(17(2)29(16)19-5-7-20(33-3)8-6-19)24(30)27-10-12-28(13-11-27)34(31,32)23-9-4-18(25)15-22(23)26/h4-9,14-15H,10-13H2,1-3H3. The molecule has 1 amide bonds. The molecule has 1 saturated heterocycles. The zero-order chi connectivity index (χ0) is 24.6. The Kier molecular flexibility index (Phi) is 6.46. The van der Waals surface area contributed by atoms with Crippen LogP contribution in [0.1, 0.15) is 21.7 Å². The molecular formula is C24H25F2N3O4S. The van der Waals surface area contributed by atoms with E-state index in [9.17, 15) is 22.0 Å². The van der Waals surface area contributed by atoms with Crippen LogP contribution in [0.4, 0.5) is 8.78 Å².